The minimum Gasteiger partial charge on any atom is -0.473 e. The van der Waals surface area contributed by atoms with Crippen LogP contribution in [0.3, 0.4) is 0 Å². The first kappa shape index (κ1) is 20.9. The van der Waals surface area contributed by atoms with Gasteiger partial charge in [0.1, 0.15) is 18.1 Å². The number of aromatic nitrogens is 6. The number of aryl methyl sites for hydroxylation is 3. The molecule has 0 bridgehead atoms. The van der Waals surface area contributed by atoms with E-state index in [2.05, 4.69) is 22.0 Å². The SMILES string of the molecule is CCn1nc(-c2nc3c(OC4CCN(C(=O)C5CCCC5)CC4)ncnc3n2C)cc1C. The summed E-state index contributed by atoms with van der Waals surface area (Å²) in [4.78, 5) is 28.4. The number of likely N-dealkylation sites (tertiary alicyclic amines) is 1. The average Bonchev–Trinajstić information content (AvgIpc) is 3.54. The highest BCUT2D eigenvalue weighted by Gasteiger charge is 2.31. The molecule has 0 N–H and O–H groups in total. The summed E-state index contributed by atoms with van der Waals surface area (Å²) in [6.45, 7) is 6.42. The van der Waals surface area contributed by atoms with Gasteiger partial charge in [-0.1, -0.05) is 12.8 Å². The smallest absolute Gasteiger partial charge is 0.245 e. The minimum absolute atomic E-state index is 0.0210. The van der Waals surface area contributed by atoms with Crippen molar-refractivity contribution in [1.82, 2.24) is 34.2 Å². The topological polar surface area (TPSA) is 91.0 Å². The molecule has 0 unspecified atom stereocenters. The van der Waals surface area contributed by atoms with Crippen LogP contribution in [0, 0.1) is 12.8 Å². The van der Waals surface area contributed by atoms with E-state index in [4.69, 9.17) is 9.72 Å². The number of carbonyl (C=O) groups is 1. The zero-order valence-electron chi connectivity index (χ0n) is 19.1. The van der Waals surface area contributed by atoms with Gasteiger partial charge in [0.05, 0.1) is 0 Å². The lowest BCUT2D eigenvalue weighted by Gasteiger charge is -2.33. The summed E-state index contributed by atoms with van der Waals surface area (Å²) in [5, 5.41) is 4.66. The van der Waals surface area contributed by atoms with Gasteiger partial charge in [0.2, 0.25) is 11.8 Å². The van der Waals surface area contributed by atoms with E-state index >= 15 is 0 Å². The van der Waals surface area contributed by atoms with Crippen LogP contribution in [0.2, 0.25) is 0 Å². The van der Waals surface area contributed by atoms with E-state index < -0.39 is 0 Å². The second-order valence-corrected chi connectivity index (χ2v) is 8.96. The van der Waals surface area contributed by atoms with Crippen molar-refractivity contribution in [2.45, 2.75) is 65.0 Å². The van der Waals surface area contributed by atoms with E-state index in [9.17, 15) is 4.79 Å². The summed E-state index contributed by atoms with van der Waals surface area (Å²) in [6.07, 6.45) is 7.63. The van der Waals surface area contributed by atoms with E-state index in [-0.39, 0.29) is 12.0 Å². The highest BCUT2D eigenvalue weighted by atomic mass is 16.5. The van der Waals surface area contributed by atoms with Crippen LogP contribution in [0.4, 0.5) is 0 Å². The third kappa shape index (κ3) is 3.73. The number of carbonyl (C=O) groups excluding carboxylic acids is 1. The second-order valence-electron chi connectivity index (χ2n) is 8.96. The fourth-order valence-electron chi connectivity index (χ4n) is 5.02. The molecule has 3 aromatic rings. The Labute approximate surface area is 187 Å². The normalized spacial score (nSPS) is 18.0. The van der Waals surface area contributed by atoms with Crippen LogP contribution in [0.5, 0.6) is 5.88 Å². The molecule has 1 aliphatic heterocycles. The van der Waals surface area contributed by atoms with E-state index in [1.807, 2.05) is 34.2 Å². The van der Waals surface area contributed by atoms with Crippen LogP contribution in [-0.2, 0) is 18.4 Å². The van der Waals surface area contributed by atoms with Crippen LogP contribution in [0.15, 0.2) is 12.4 Å². The second kappa shape index (κ2) is 8.52. The van der Waals surface area contributed by atoms with Gasteiger partial charge in [-0.2, -0.15) is 10.1 Å². The summed E-state index contributed by atoms with van der Waals surface area (Å²) in [6, 6.07) is 2.04. The molecule has 170 valence electrons. The molecule has 1 amide bonds. The van der Waals surface area contributed by atoms with Gasteiger partial charge in [0.15, 0.2) is 17.0 Å². The number of fused-ring (bicyclic) bond motifs is 1. The van der Waals surface area contributed by atoms with E-state index in [0.717, 1.165) is 68.2 Å². The minimum atomic E-state index is 0.0210. The number of amides is 1. The molecule has 2 fully saturated rings. The quantitative estimate of drug-likeness (QED) is 0.609. The van der Waals surface area contributed by atoms with Gasteiger partial charge in [-0.3, -0.25) is 9.48 Å². The molecular formula is C23H31N7O2. The summed E-state index contributed by atoms with van der Waals surface area (Å²) in [5.41, 5.74) is 3.28. The zero-order valence-corrected chi connectivity index (χ0v) is 19.1. The van der Waals surface area contributed by atoms with Crippen molar-refractivity contribution in [3.8, 4) is 17.4 Å². The maximum Gasteiger partial charge on any atom is 0.245 e. The van der Waals surface area contributed by atoms with Gasteiger partial charge in [-0.05, 0) is 32.8 Å². The van der Waals surface area contributed by atoms with Crippen molar-refractivity contribution < 1.29 is 9.53 Å². The number of nitrogens with zero attached hydrogens (tertiary/aromatic N) is 7. The molecule has 0 atom stereocenters. The van der Waals surface area contributed by atoms with Crippen molar-refractivity contribution >= 4 is 17.1 Å². The Hall–Kier alpha value is -2.97. The lowest BCUT2D eigenvalue weighted by molar-refractivity contribution is -0.137. The Bertz CT molecular complexity index is 1120. The lowest BCUT2D eigenvalue weighted by Crippen LogP contribution is -2.44. The molecule has 2 aliphatic rings. The lowest BCUT2D eigenvalue weighted by atomic mass is 10.0. The third-order valence-corrected chi connectivity index (χ3v) is 6.87. The monoisotopic (exact) mass is 437 g/mol. The molecule has 32 heavy (non-hydrogen) atoms. The molecule has 1 aliphatic carbocycles. The highest BCUT2D eigenvalue weighted by molar-refractivity contribution is 5.81. The van der Waals surface area contributed by atoms with Gasteiger partial charge in [0.25, 0.3) is 0 Å². The molecule has 0 spiro atoms. The first-order valence-electron chi connectivity index (χ1n) is 11.7. The summed E-state index contributed by atoms with van der Waals surface area (Å²) in [7, 11) is 1.94. The molecule has 1 saturated heterocycles. The highest BCUT2D eigenvalue weighted by Crippen LogP contribution is 2.30. The van der Waals surface area contributed by atoms with Crippen LogP contribution < -0.4 is 4.74 Å². The number of piperidine rings is 1. The standard InChI is InChI=1S/C23H31N7O2/c1-4-30-15(2)13-18(27-30)20-26-19-21(28(20)3)24-14-25-22(19)32-17-9-11-29(12-10-17)23(31)16-7-5-6-8-16/h13-14,16-17H,4-12H2,1-3H3. The molecule has 9 nitrogen and oxygen atoms in total. The predicted octanol–water partition coefficient (Wildman–Crippen LogP) is 3.12. The van der Waals surface area contributed by atoms with Gasteiger partial charge in [0, 0.05) is 51.1 Å². The Balaban J connectivity index is 1.32. The van der Waals surface area contributed by atoms with Gasteiger partial charge in [-0.15, -0.1) is 0 Å². The van der Waals surface area contributed by atoms with E-state index in [1.165, 1.54) is 19.2 Å². The van der Waals surface area contributed by atoms with Gasteiger partial charge >= 0.3 is 0 Å². The summed E-state index contributed by atoms with van der Waals surface area (Å²) >= 11 is 0. The van der Waals surface area contributed by atoms with Crippen LogP contribution >= 0.6 is 0 Å². The van der Waals surface area contributed by atoms with Gasteiger partial charge in [-0.25, -0.2) is 9.97 Å². The molecule has 0 aromatic carbocycles. The fraction of sp³-hybridized carbons (Fsp3) is 0.609. The maximum atomic E-state index is 12.7. The number of hydrogen-bond donors (Lipinski definition) is 0. The molecular weight excluding hydrogens is 406 g/mol. The largest absolute Gasteiger partial charge is 0.473 e. The number of hydrogen-bond acceptors (Lipinski definition) is 6. The number of ether oxygens (including phenoxy) is 1. The predicted molar refractivity (Wildman–Crippen MR) is 120 cm³/mol. The van der Waals surface area contributed by atoms with Crippen molar-refractivity contribution in [3.05, 3.63) is 18.1 Å². The summed E-state index contributed by atoms with van der Waals surface area (Å²) in [5.74, 6) is 1.82. The molecule has 9 heteroatoms. The van der Waals surface area contributed by atoms with E-state index in [1.54, 1.807) is 0 Å². The maximum absolute atomic E-state index is 12.7. The first-order valence-corrected chi connectivity index (χ1v) is 11.7. The molecule has 4 heterocycles. The van der Waals surface area contributed by atoms with Crippen LogP contribution in [0.25, 0.3) is 22.7 Å². The van der Waals surface area contributed by atoms with E-state index in [0.29, 0.717) is 17.3 Å². The van der Waals surface area contributed by atoms with Crippen molar-refractivity contribution in [1.29, 1.82) is 0 Å². The fourth-order valence-corrected chi connectivity index (χ4v) is 5.02. The Morgan fingerprint density at radius 1 is 1.16 bits per heavy atom. The molecule has 0 radical (unpaired) electrons. The van der Waals surface area contributed by atoms with Gasteiger partial charge < -0.3 is 14.2 Å². The number of rotatable bonds is 5. The Morgan fingerprint density at radius 3 is 2.59 bits per heavy atom. The average molecular weight is 438 g/mol. The third-order valence-electron chi connectivity index (χ3n) is 6.87. The molecule has 5 rings (SSSR count). The Morgan fingerprint density at radius 2 is 1.91 bits per heavy atom. The van der Waals surface area contributed by atoms with Crippen molar-refractivity contribution in [2.75, 3.05) is 13.1 Å². The number of imidazole rings is 1. The zero-order chi connectivity index (χ0) is 22.2. The van der Waals surface area contributed by atoms with Crippen molar-refractivity contribution in [2.24, 2.45) is 13.0 Å². The van der Waals surface area contributed by atoms with Crippen molar-refractivity contribution in [3.63, 3.8) is 0 Å². The van der Waals surface area contributed by atoms with Crippen LogP contribution in [0.1, 0.15) is 51.1 Å². The molecule has 3 aromatic heterocycles. The van der Waals surface area contributed by atoms with Crippen LogP contribution in [-0.4, -0.2) is 59.3 Å². The molecule has 1 saturated carbocycles. The first-order chi connectivity index (χ1) is 15.5. The Kier molecular flexibility index (Phi) is 5.57. The summed E-state index contributed by atoms with van der Waals surface area (Å²) < 4.78 is 10.2.